The van der Waals surface area contributed by atoms with Crippen LogP contribution >= 0.6 is 0 Å². The first kappa shape index (κ1) is 15.2. The van der Waals surface area contributed by atoms with Gasteiger partial charge < -0.3 is 15.6 Å². The molecule has 0 radical (unpaired) electrons. The third kappa shape index (κ3) is 2.20. The highest BCUT2D eigenvalue weighted by atomic mass is 16.5. The van der Waals surface area contributed by atoms with Crippen LogP contribution in [0.5, 0.6) is 0 Å². The molecule has 1 heterocycles. The number of hydrogen-bond acceptors (Lipinski definition) is 2. The molecule has 4 saturated carbocycles. The third-order valence-electron chi connectivity index (χ3n) is 7.18. The Morgan fingerprint density at radius 1 is 1.05 bits per heavy atom. The minimum Gasteiger partial charge on any atom is -0.633 e. The van der Waals surface area contributed by atoms with Gasteiger partial charge in [-0.05, 0) is 90.0 Å². The number of hydrogen-bond donors (Lipinski definition) is 2. The summed E-state index contributed by atoms with van der Waals surface area (Å²) in [4.78, 5) is 0. The van der Waals surface area contributed by atoms with Gasteiger partial charge in [0.25, 0.3) is 0 Å². The van der Waals surface area contributed by atoms with Crippen LogP contribution in [-0.2, 0) is 0 Å². The summed E-state index contributed by atoms with van der Waals surface area (Å²) in [6.07, 6.45) is 10.8. The van der Waals surface area contributed by atoms with Gasteiger partial charge in [0.1, 0.15) is 11.1 Å². The van der Waals surface area contributed by atoms with Gasteiger partial charge in [-0.2, -0.15) is 0 Å². The van der Waals surface area contributed by atoms with Crippen molar-refractivity contribution in [1.82, 2.24) is 5.32 Å². The molecule has 4 fully saturated rings. The summed E-state index contributed by atoms with van der Waals surface area (Å²) >= 11 is 0. The van der Waals surface area contributed by atoms with E-state index in [1.807, 2.05) is 0 Å². The van der Waals surface area contributed by atoms with Gasteiger partial charge in [0.2, 0.25) is 0 Å². The van der Waals surface area contributed by atoms with Gasteiger partial charge in [0.15, 0.2) is 0 Å². The first-order valence-corrected chi connectivity index (χ1v) is 9.22. The van der Waals surface area contributed by atoms with Gasteiger partial charge in [0, 0.05) is 17.7 Å². The summed E-state index contributed by atoms with van der Waals surface area (Å²) in [5.74, 6) is 2.92. The minimum absolute atomic E-state index is 0.290. The predicted octanol–water partition coefficient (Wildman–Crippen LogP) is 2.42. The second-order valence-electron chi connectivity index (χ2n) is 9.90. The zero-order chi connectivity index (χ0) is 15.8. The van der Waals surface area contributed by atoms with E-state index in [4.69, 9.17) is 0 Å². The molecule has 0 aromatic heterocycles. The van der Waals surface area contributed by atoms with Gasteiger partial charge in [-0.15, -0.1) is 0 Å². The molecule has 0 aromatic carbocycles. The van der Waals surface area contributed by atoms with Crippen molar-refractivity contribution in [3.05, 3.63) is 16.9 Å². The molecule has 1 atom stereocenters. The summed E-state index contributed by atoms with van der Waals surface area (Å²) in [5.41, 5.74) is 1.13. The lowest BCUT2D eigenvalue weighted by molar-refractivity contribution is -0.927. The van der Waals surface area contributed by atoms with Gasteiger partial charge in [-0.25, -0.2) is 0 Å². The molecule has 3 heteroatoms. The Morgan fingerprint density at radius 2 is 1.55 bits per heavy atom. The van der Waals surface area contributed by atoms with E-state index in [1.165, 1.54) is 44.1 Å². The van der Waals surface area contributed by atoms with E-state index in [1.54, 1.807) is 0 Å². The Kier molecular flexibility index (Phi) is 3.16. The molecular weight excluding hydrogens is 272 g/mol. The van der Waals surface area contributed by atoms with Crippen molar-refractivity contribution in [2.24, 2.45) is 17.8 Å². The largest absolute Gasteiger partial charge is 0.633 e. The predicted molar refractivity (Wildman–Crippen MR) is 89.5 cm³/mol. The van der Waals surface area contributed by atoms with Gasteiger partial charge >= 0.3 is 0 Å². The molecule has 22 heavy (non-hydrogen) atoms. The fourth-order valence-corrected chi connectivity index (χ4v) is 6.51. The summed E-state index contributed by atoms with van der Waals surface area (Å²) in [6.45, 7) is 9.26. The molecule has 1 aliphatic heterocycles. The smallest absolute Gasteiger partial charge is 0.115 e. The lowest BCUT2D eigenvalue weighted by Crippen LogP contribution is -3.20. The van der Waals surface area contributed by atoms with E-state index in [9.17, 15) is 5.21 Å². The van der Waals surface area contributed by atoms with Crippen LogP contribution < -0.4 is 10.4 Å². The number of rotatable bonds is 3. The Balaban J connectivity index is 1.49. The van der Waals surface area contributed by atoms with Crippen molar-refractivity contribution in [2.75, 3.05) is 6.54 Å². The summed E-state index contributed by atoms with van der Waals surface area (Å²) in [6, 6.07) is 0. The van der Waals surface area contributed by atoms with Gasteiger partial charge in [0.05, 0.1) is 0 Å². The van der Waals surface area contributed by atoms with Crippen molar-refractivity contribution in [2.45, 2.75) is 82.8 Å². The Bertz CT molecular complexity index is 470. The third-order valence-corrected chi connectivity index (χ3v) is 7.18. The molecule has 5 rings (SSSR count). The SMILES string of the molecule is CC1(C)C=C(CNC23CC4CC(CC(C4)C2)C3)C(C)(C)[NH+]1[O-]. The average molecular weight is 304 g/mol. The van der Waals surface area contributed by atoms with E-state index in [0.29, 0.717) is 10.6 Å². The molecule has 5 aliphatic rings. The van der Waals surface area contributed by atoms with Crippen molar-refractivity contribution in [1.29, 1.82) is 0 Å². The zero-order valence-electron chi connectivity index (χ0n) is 14.7. The van der Waals surface area contributed by atoms with E-state index < -0.39 is 0 Å². The van der Waals surface area contributed by atoms with Gasteiger partial charge in [-0.3, -0.25) is 0 Å². The van der Waals surface area contributed by atoms with E-state index in [2.05, 4.69) is 39.1 Å². The average Bonchev–Trinajstić information content (AvgIpc) is 2.55. The molecule has 0 amide bonds. The maximum Gasteiger partial charge on any atom is 0.115 e. The maximum atomic E-state index is 12.6. The Morgan fingerprint density at radius 3 is 1.95 bits per heavy atom. The molecule has 124 valence electrons. The lowest BCUT2D eigenvalue weighted by atomic mass is 9.53. The topological polar surface area (TPSA) is 39.5 Å². The van der Waals surface area contributed by atoms with Crippen LogP contribution in [0.4, 0.5) is 0 Å². The quantitative estimate of drug-likeness (QED) is 0.621. The zero-order valence-corrected chi connectivity index (χ0v) is 14.7. The van der Waals surface area contributed by atoms with Crippen LogP contribution in [0, 0.1) is 23.0 Å². The number of quaternary nitrogens is 1. The van der Waals surface area contributed by atoms with Crippen LogP contribution in [0.15, 0.2) is 11.6 Å². The van der Waals surface area contributed by atoms with Crippen LogP contribution in [0.25, 0.3) is 0 Å². The standard InChI is InChI=1S/C19H32N2O/c1-17(2)11-16(18(3,4)21(17)22)12-20-19-8-13-5-14(9-19)7-15(6-13)10-19/h11,13-15,20-21H,5-10,12H2,1-4H3. The number of nitrogens with one attached hydrogen (secondary N) is 2. The van der Waals surface area contributed by atoms with Crippen LogP contribution in [0.2, 0.25) is 0 Å². The molecule has 3 nitrogen and oxygen atoms in total. The second-order valence-corrected chi connectivity index (χ2v) is 9.90. The molecule has 0 saturated heterocycles. The van der Waals surface area contributed by atoms with Crippen molar-refractivity contribution >= 4 is 0 Å². The normalized spacial score (nSPS) is 47.8. The fourth-order valence-electron chi connectivity index (χ4n) is 6.51. The highest BCUT2D eigenvalue weighted by Crippen LogP contribution is 2.55. The first-order chi connectivity index (χ1) is 10.2. The van der Waals surface area contributed by atoms with Crippen LogP contribution in [-0.4, -0.2) is 23.2 Å². The fraction of sp³-hybridized carbons (Fsp3) is 0.895. The van der Waals surface area contributed by atoms with Crippen LogP contribution in [0.1, 0.15) is 66.2 Å². The molecule has 0 aromatic rings. The lowest BCUT2D eigenvalue weighted by Gasteiger charge is -2.57. The summed E-state index contributed by atoms with van der Waals surface area (Å²) in [7, 11) is 0. The summed E-state index contributed by atoms with van der Waals surface area (Å²) < 4.78 is 0. The number of hydroxylamine groups is 2. The maximum absolute atomic E-state index is 12.6. The van der Waals surface area contributed by atoms with Crippen molar-refractivity contribution < 1.29 is 5.06 Å². The molecule has 4 bridgehead atoms. The van der Waals surface area contributed by atoms with E-state index in [-0.39, 0.29) is 11.1 Å². The molecule has 0 spiro atoms. The molecule has 2 N–H and O–H groups in total. The molecular formula is C19H32N2O. The van der Waals surface area contributed by atoms with Gasteiger partial charge in [-0.1, -0.05) is 0 Å². The van der Waals surface area contributed by atoms with E-state index >= 15 is 0 Å². The molecule has 1 unspecified atom stereocenters. The van der Waals surface area contributed by atoms with Crippen molar-refractivity contribution in [3.8, 4) is 0 Å². The van der Waals surface area contributed by atoms with Crippen molar-refractivity contribution in [3.63, 3.8) is 0 Å². The molecule has 4 aliphatic carbocycles. The highest BCUT2D eigenvalue weighted by Gasteiger charge is 2.51. The van der Waals surface area contributed by atoms with Crippen LogP contribution in [0.3, 0.4) is 0 Å². The van der Waals surface area contributed by atoms with E-state index in [0.717, 1.165) is 24.3 Å². The monoisotopic (exact) mass is 304 g/mol. The highest BCUT2D eigenvalue weighted by molar-refractivity contribution is 5.25. The minimum atomic E-state index is -0.293. The Hall–Kier alpha value is -0.380. The Labute approximate surface area is 135 Å². The second kappa shape index (κ2) is 4.58. The first-order valence-electron chi connectivity index (χ1n) is 9.22. The summed E-state index contributed by atoms with van der Waals surface area (Å²) in [5, 5.41) is 16.9.